The van der Waals surface area contributed by atoms with Crippen molar-refractivity contribution in [3.8, 4) is 0 Å². The minimum atomic E-state index is 0.610. The van der Waals surface area contributed by atoms with Gasteiger partial charge >= 0.3 is 0 Å². The van der Waals surface area contributed by atoms with Gasteiger partial charge in [-0.25, -0.2) is 0 Å². The highest BCUT2D eigenvalue weighted by Gasteiger charge is 2.11. The van der Waals surface area contributed by atoms with Crippen LogP contribution in [0.2, 0.25) is 0 Å². The van der Waals surface area contributed by atoms with Crippen LogP contribution >= 0.6 is 12.2 Å². The van der Waals surface area contributed by atoms with Crippen LogP contribution in [0.5, 0.6) is 0 Å². The maximum atomic E-state index is 4.67. The van der Waals surface area contributed by atoms with Crippen LogP contribution in [0.25, 0.3) is 0 Å². The quantitative estimate of drug-likeness (QED) is 0.586. The first-order valence-corrected chi connectivity index (χ1v) is 4.61. The molecule has 0 aromatic carbocycles. The molecule has 0 amide bonds. The fourth-order valence-electron chi connectivity index (χ4n) is 1.29. The maximum Gasteiger partial charge on any atom is 0.0304 e. The Labute approximate surface area is 75.8 Å². The van der Waals surface area contributed by atoms with Gasteiger partial charge in [0.25, 0.3) is 0 Å². The molecule has 0 N–H and O–H groups in total. The Morgan fingerprint density at radius 1 is 1.18 bits per heavy atom. The summed E-state index contributed by atoms with van der Waals surface area (Å²) in [5, 5.41) is 2.75. The van der Waals surface area contributed by atoms with E-state index in [-0.39, 0.29) is 0 Å². The van der Waals surface area contributed by atoms with E-state index < -0.39 is 0 Å². The number of thiocarbonyl (C=S) groups is 1. The molecule has 0 heterocycles. The molecule has 0 saturated heterocycles. The van der Waals surface area contributed by atoms with E-state index in [1.54, 1.807) is 0 Å². The number of hydrogen-bond donors (Lipinski definition) is 0. The van der Waals surface area contributed by atoms with Gasteiger partial charge in [-0.1, -0.05) is 12.2 Å². The molecule has 0 bridgehead atoms. The van der Waals surface area contributed by atoms with Crippen LogP contribution < -0.4 is 0 Å². The summed E-state index contributed by atoms with van der Waals surface area (Å²) in [6, 6.07) is 1.22. The van der Waals surface area contributed by atoms with Crippen LogP contribution in [0.15, 0.2) is 0 Å². The first-order valence-electron chi connectivity index (χ1n) is 4.20. The topological polar surface area (TPSA) is 3.24 Å². The van der Waals surface area contributed by atoms with E-state index >= 15 is 0 Å². The van der Waals surface area contributed by atoms with Crippen molar-refractivity contribution in [3.05, 3.63) is 0 Å². The molecule has 0 spiro atoms. The SMILES string of the molecule is CC(C)N(CC[C]=S)C(C)C. The molecule has 65 valence electrons. The average Bonchev–Trinajstić information content (AvgIpc) is 1.87. The second-order valence-electron chi connectivity index (χ2n) is 3.32. The third kappa shape index (κ3) is 4.49. The Bertz CT molecular complexity index is 102. The Morgan fingerprint density at radius 3 is 1.91 bits per heavy atom. The molecule has 0 aliphatic heterocycles. The summed E-state index contributed by atoms with van der Waals surface area (Å²) >= 11 is 4.67. The maximum absolute atomic E-state index is 4.67. The van der Waals surface area contributed by atoms with Crippen molar-refractivity contribution in [2.75, 3.05) is 6.54 Å². The van der Waals surface area contributed by atoms with Gasteiger partial charge in [0, 0.05) is 24.0 Å². The van der Waals surface area contributed by atoms with Gasteiger partial charge in [-0.3, -0.25) is 4.90 Å². The fraction of sp³-hybridized carbons (Fsp3) is 0.889. The van der Waals surface area contributed by atoms with Crippen molar-refractivity contribution >= 4 is 17.6 Å². The monoisotopic (exact) mass is 172 g/mol. The lowest BCUT2D eigenvalue weighted by molar-refractivity contribution is 0.181. The van der Waals surface area contributed by atoms with Gasteiger partial charge in [0.1, 0.15) is 0 Å². The van der Waals surface area contributed by atoms with Gasteiger partial charge in [0.2, 0.25) is 0 Å². The van der Waals surface area contributed by atoms with Crippen molar-refractivity contribution in [2.45, 2.75) is 46.2 Å². The summed E-state index contributed by atoms with van der Waals surface area (Å²) in [5.74, 6) is 0. The highest BCUT2D eigenvalue weighted by atomic mass is 32.1. The first-order chi connectivity index (χ1) is 5.09. The Kier molecular flexibility index (Phi) is 5.69. The zero-order valence-electron chi connectivity index (χ0n) is 7.92. The second kappa shape index (κ2) is 5.67. The van der Waals surface area contributed by atoms with E-state index in [2.05, 4.69) is 50.2 Å². The van der Waals surface area contributed by atoms with Crippen LogP contribution in [-0.4, -0.2) is 28.9 Å². The molecule has 0 unspecified atom stereocenters. The largest absolute Gasteiger partial charge is 0.298 e. The molecule has 2 heteroatoms. The lowest BCUT2D eigenvalue weighted by Crippen LogP contribution is -2.37. The lowest BCUT2D eigenvalue weighted by Gasteiger charge is -2.29. The zero-order valence-corrected chi connectivity index (χ0v) is 8.74. The second-order valence-corrected chi connectivity index (χ2v) is 3.61. The van der Waals surface area contributed by atoms with E-state index in [4.69, 9.17) is 0 Å². The minimum absolute atomic E-state index is 0.610. The van der Waals surface area contributed by atoms with Gasteiger partial charge in [-0.2, -0.15) is 0 Å². The average molecular weight is 172 g/mol. The third-order valence-electron chi connectivity index (χ3n) is 1.80. The molecule has 11 heavy (non-hydrogen) atoms. The summed E-state index contributed by atoms with van der Waals surface area (Å²) in [7, 11) is 0. The molecular weight excluding hydrogens is 154 g/mol. The molecule has 1 radical (unpaired) electrons. The van der Waals surface area contributed by atoms with Crippen LogP contribution in [0.1, 0.15) is 34.1 Å². The molecule has 0 rings (SSSR count). The van der Waals surface area contributed by atoms with E-state index in [1.807, 2.05) is 0 Å². The first kappa shape index (κ1) is 11.1. The predicted octanol–water partition coefficient (Wildman–Crippen LogP) is 2.37. The predicted molar refractivity (Wildman–Crippen MR) is 54.2 cm³/mol. The molecule has 0 aromatic heterocycles. The van der Waals surface area contributed by atoms with Gasteiger partial charge in [-0.15, -0.1) is 0 Å². The van der Waals surface area contributed by atoms with Crippen LogP contribution in [0.4, 0.5) is 0 Å². The van der Waals surface area contributed by atoms with Crippen LogP contribution in [0.3, 0.4) is 0 Å². The van der Waals surface area contributed by atoms with E-state index in [1.165, 1.54) is 0 Å². The molecule has 0 aromatic rings. The Hall–Kier alpha value is 0.0500. The molecule has 0 atom stereocenters. The fourth-order valence-corrected chi connectivity index (χ4v) is 1.38. The summed E-state index contributed by atoms with van der Waals surface area (Å²) in [5.41, 5.74) is 0. The van der Waals surface area contributed by atoms with Crippen molar-refractivity contribution < 1.29 is 0 Å². The van der Waals surface area contributed by atoms with E-state index in [0.717, 1.165) is 13.0 Å². The van der Waals surface area contributed by atoms with E-state index in [9.17, 15) is 0 Å². The lowest BCUT2D eigenvalue weighted by atomic mass is 10.2. The normalized spacial score (nSPS) is 11.5. The minimum Gasteiger partial charge on any atom is -0.298 e. The Morgan fingerprint density at radius 2 is 1.64 bits per heavy atom. The summed E-state index contributed by atoms with van der Waals surface area (Å²) in [4.78, 5) is 2.42. The van der Waals surface area contributed by atoms with Gasteiger partial charge < -0.3 is 0 Å². The molecule has 0 fully saturated rings. The number of hydrogen-bond acceptors (Lipinski definition) is 2. The highest BCUT2D eigenvalue weighted by Crippen LogP contribution is 2.04. The van der Waals surface area contributed by atoms with Crippen molar-refractivity contribution in [2.24, 2.45) is 0 Å². The highest BCUT2D eigenvalue weighted by molar-refractivity contribution is 7.78. The van der Waals surface area contributed by atoms with Gasteiger partial charge in [0.15, 0.2) is 0 Å². The molecule has 1 nitrogen and oxygen atoms in total. The van der Waals surface area contributed by atoms with Crippen molar-refractivity contribution in [3.63, 3.8) is 0 Å². The smallest absolute Gasteiger partial charge is 0.0304 e. The molecule has 0 saturated carbocycles. The molecule has 0 aliphatic rings. The summed E-state index contributed by atoms with van der Waals surface area (Å²) in [6.07, 6.45) is 0.895. The van der Waals surface area contributed by atoms with Gasteiger partial charge in [-0.05, 0) is 34.1 Å². The summed E-state index contributed by atoms with van der Waals surface area (Å²) in [6.45, 7) is 9.89. The van der Waals surface area contributed by atoms with E-state index in [0.29, 0.717) is 12.1 Å². The molecular formula is C9H18NS. The Balaban J connectivity index is 3.79. The van der Waals surface area contributed by atoms with Gasteiger partial charge in [0.05, 0.1) is 0 Å². The molecule has 0 aliphatic carbocycles. The van der Waals surface area contributed by atoms with Crippen LogP contribution in [0, 0.1) is 0 Å². The standard InChI is InChI=1S/C9H18NS/c1-8(2)10(9(3)4)6-5-7-11/h8-9H,5-6H2,1-4H3. The summed E-state index contributed by atoms with van der Waals surface area (Å²) < 4.78 is 0. The van der Waals surface area contributed by atoms with Crippen molar-refractivity contribution in [1.82, 2.24) is 4.90 Å². The number of rotatable bonds is 5. The number of nitrogens with zero attached hydrogens (tertiary/aromatic N) is 1. The van der Waals surface area contributed by atoms with Crippen LogP contribution in [-0.2, 0) is 0 Å². The zero-order chi connectivity index (χ0) is 8.85. The van der Waals surface area contributed by atoms with Crippen molar-refractivity contribution in [1.29, 1.82) is 0 Å². The third-order valence-corrected chi connectivity index (χ3v) is 2.00.